The van der Waals surface area contributed by atoms with E-state index < -0.39 is 0 Å². The molecule has 1 heterocycles. The van der Waals surface area contributed by atoms with Crippen LogP contribution in [0.3, 0.4) is 0 Å². The molecule has 0 spiro atoms. The topological polar surface area (TPSA) is 67.2 Å². The third kappa shape index (κ3) is 3.42. The summed E-state index contributed by atoms with van der Waals surface area (Å²) in [6.07, 6.45) is 1.56. The number of carbonyl (C=O) groups excluding carboxylic acids is 1. The highest BCUT2D eigenvalue weighted by Crippen LogP contribution is 2.15. The molecule has 5 nitrogen and oxygen atoms in total. The Balaban J connectivity index is 1.94. The number of carbonyl (C=O) groups is 1. The first-order valence-corrected chi connectivity index (χ1v) is 8.41. The van der Waals surface area contributed by atoms with Crippen LogP contribution in [0.4, 0.5) is 5.69 Å². The van der Waals surface area contributed by atoms with E-state index >= 15 is 0 Å². The summed E-state index contributed by atoms with van der Waals surface area (Å²) in [5, 5.41) is 3.10. The molecule has 132 valence electrons. The van der Waals surface area contributed by atoms with Gasteiger partial charge in [-0.25, -0.2) is 4.68 Å². The fraction of sp³-hybridized carbons (Fsp3) is 0.190. The van der Waals surface area contributed by atoms with E-state index in [1.807, 2.05) is 39.0 Å². The zero-order chi connectivity index (χ0) is 18.8. The van der Waals surface area contributed by atoms with Gasteiger partial charge in [-0.2, -0.15) is 0 Å². The number of hydrogen-bond acceptors (Lipinski definition) is 3. The Morgan fingerprint density at radius 1 is 1.04 bits per heavy atom. The second-order valence-corrected chi connectivity index (χ2v) is 6.42. The normalized spacial score (nSPS) is 11.2. The fourth-order valence-corrected chi connectivity index (χ4v) is 2.68. The number of nitrogens with zero attached hydrogens (tertiary/aromatic N) is 2. The maximum Gasteiger partial charge on any atom is 0.280 e. The van der Waals surface area contributed by atoms with Gasteiger partial charge in [-0.3, -0.25) is 19.7 Å². The number of aliphatic imine (C=N–C) groups is 1. The lowest BCUT2D eigenvalue weighted by atomic mass is 10.1. The first-order chi connectivity index (χ1) is 12.4. The number of aromatic nitrogens is 2. The van der Waals surface area contributed by atoms with Crippen molar-refractivity contribution in [3.8, 4) is 5.69 Å². The lowest BCUT2D eigenvalue weighted by Crippen LogP contribution is -2.17. The van der Waals surface area contributed by atoms with E-state index in [0.29, 0.717) is 16.8 Å². The standard InChI is InChI=1S/C21H21N3O2/c1-13-5-10-19(11-14(13)2)24-21(26)20(15(3)23-24)12-22-18-8-6-17(7-9-18)16(4)25/h5-12,23H,1-4H3. The maximum atomic E-state index is 12.7. The Bertz CT molecular complexity index is 1050. The molecule has 26 heavy (non-hydrogen) atoms. The predicted molar refractivity (Wildman–Crippen MR) is 104 cm³/mol. The molecule has 3 rings (SSSR count). The molecule has 1 aromatic heterocycles. The lowest BCUT2D eigenvalue weighted by molar-refractivity contribution is 0.101. The van der Waals surface area contributed by atoms with E-state index in [-0.39, 0.29) is 11.3 Å². The summed E-state index contributed by atoms with van der Waals surface area (Å²) in [5.41, 5.74) is 5.55. The van der Waals surface area contributed by atoms with E-state index in [9.17, 15) is 9.59 Å². The van der Waals surface area contributed by atoms with Crippen molar-refractivity contribution in [2.45, 2.75) is 27.7 Å². The third-order valence-electron chi connectivity index (χ3n) is 4.48. The highest BCUT2D eigenvalue weighted by atomic mass is 16.1. The molecule has 0 radical (unpaired) electrons. The quantitative estimate of drug-likeness (QED) is 0.571. The van der Waals surface area contributed by atoms with Crippen LogP contribution in [-0.4, -0.2) is 21.8 Å². The molecule has 0 amide bonds. The van der Waals surface area contributed by atoms with Crippen molar-refractivity contribution < 1.29 is 4.79 Å². The number of benzene rings is 2. The van der Waals surface area contributed by atoms with Gasteiger partial charge in [0.1, 0.15) is 0 Å². The molecule has 0 atom stereocenters. The minimum atomic E-state index is -0.144. The Kier molecular flexibility index (Phi) is 4.71. The van der Waals surface area contributed by atoms with Crippen molar-refractivity contribution in [3.05, 3.63) is 80.8 Å². The second kappa shape index (κ2) is 6.96. The molecule has 0 fully saturated rings. The van der Waals surface area contributed by atoms with Gasteiger partial charge in [-0.1, -0.05) is 6.07 Å². The zero-order valence-electron chi connectivity index (χ0n) is 15.3. The van der Waals surface area contributed by atoms with Crippen LogP contribution >= 0.6 is 0 Å². The van der Waals surface area contributed by atoms with Gasteiger partial charge in [-0.05, 0) is 75.2 Å². The van der Waals surface area contributed by atoms with E-state index in [1.165, 1.54) is 17.2 Å². The van der Waals surface area contributed by atoms with Gasteiger partial charge in [0.25, 0.3) is 5.56 Å². The molecular formula is C21H21N3O2. The van der Waals surface area contributed by atoms with Gasteiger partial charge in [0.05, 0.1) is 16.9 Å². The molecular weight excluding hydrogens is 326 g/mol. The van der Waals surface area contributed by atoms with E-state index in [4.69, 9.17) is 0 Å². The molecule has 0 bridgehead atoms. The van der Waals surface area contributed by atoms with Crippen LogP contribution in [0, 0.1) is 20.8 Å². The summed E-state index contributed by atoms with van der Waals surface area (Å²) in [5.74, 6) is 0.0123. The van der Waals surface area contributed by atoms with Crippen molar-refractivity contribution in [3.63, 3.8) is 0 Å². The number of rotatable bonds is 4. The number of aromatic amines is 1. The van der Waals surface area contributed by atoms with Crippen LogP contribution < -0.4 is 5.56 Å². The van der Waals surface area contributed by atoms with Gasteiger partial charge in [0.2, 0.25) is 0 Å². The van der Waals surface area contributed by atoms with Crippen LogP contribution in [-0.2, 0) is 0 Å². The Labute approximate surface area is 152 Å². The summed E-state index contributed by atoms with van der Waals surface area (Å²) in [4.78, 5) is 28.4. The van der Waals surface area contributed by atoms with Crippen LogP contribution in [0.2, 0.25) is 0 Å². The number of hydrogen-bond donors (Lipinski definition) is 1. The molecule has 2 aromatic carbocycles. The Morgan fingerprint density at radius 2 is 1.73 bits per heavy atom. The first kappa shape index (κ1) is 17.6. The molecule has 0 unspecified atom stereocenters. The van der Waals surface area contributed by atoms with Gasteiger partial charge in [-0.15, -0.1) is 0 Å². The van der Waals surface area contributed by atoms with Crippen molar-refractivity contribution >= 4 is 17.7 Å². The smallest absolute Gasteiger partial charge is 0.280 e. The van der Waals surface area contributed by atoms with Crippen LogP contribution in [0.1, 0.15) is 39.7 Å². The van der Waals surface area contributed by atoms with Crippen LogP contribution in [0.25, 0.3) is 5.69 Å². The molecule has 5 heteroatoms. The molecule has 3 aromatic rings. The van der Waals surface area contributed by atoms with Crippen molar-refractivity contribution in [1.82, 2.24) is 9.78 Å². The lowest BCUT2D eigenvalue weighted by Gasteiger charge is -2.05. The van der Waals surface area contributed by atoms with E-state index in [0.717, 1.165) is 16.9 Å². The highest BCUT2D eigenvalue weighted by Gasteiger charge is 2.11. The SMILES string of the molecule is CC(=O)c1ccc(N=Cc2c(C)[nH]n(-c3ccc(C)c(C)c3)c2=O)cc1. The molecule has 0 aliphatic carbocycles. The van der Waals surface area contributed by atoms with E-state index in [1.54, 1.807) is 30.5 Å². The first-order valence-electron chi connectivity index (χ1n) is 8.41. The Morgan fingerprint density at radius 3 is 2.35 bits per heavy atom. The monoisotopic (exact) mass is 347 g/mol. The van der Waals surface area contributed by atoms with Gasteiger partial charge >= 0.3 is 0 Å². The van der Waals surface area contributed by atoms with Gasteiger partial charge < -0.3 is 0 Å². The molecule has 0 saturated heterocycles. The van der Waals surface area contributed by atoms with Gasteiger partial charge in [0, 0.05) is 17.5 Å². The van der Waals surface area contributed by atoms with Crippen molar-refractivity contribution in [2.75, 3.05) is 0 Å². The Hall–Kier alpha value is -3.21. The second-order valence-electron chi connectivity index (χ2n) is 6.42. The van der Waals surface area contributed by atoms with Gasteiger partial charge in [0.15, 0.2) is 5.78 Å². The maximum absolute atomic E-state index is 12.7. The summed E-state index contributed by atoms with van der Waals surface area (Å²) in [6.45, 7) is 7.43. The molecule has 0 saturated carbocycles. The van der Waals surface area contributed by atoms with Crippen molar-refractivity contribution in [2.24, 2.45) is 4.99 Å². The third-order valence-corrected chi connectivity index (χ3v) is 4.48. The molecule has 1 N–H and O–H groups in total. The molecule has 0 aliphatic rings. The van der Waals surface area contributed by atoms with Crippen LogP contribution in [0.15, 0.2) is 52.3 Å². The predicted octanol–water partition coefficient (Wildman–Crippen LogP) is 4.04. The number of ketones is 1. The minimum Gasteiger partial charge on any atom is -0.295 e. The number of nitrogens with one attached hydrogen (secondary N) is 1. The summed E-state index contributed by atoms with van der Waals surface area (Å²) in [6, 6.07) is 12.9. The minimum absolute atomic E-state index is 0.0123. The van der Waals surface area contributed by atoms with Crippen LogP contribution in [0.5, 0.6) is 0 Å². The summed E-state index contributed by atoms with van der Waals surface area (Å²) >= 11 is 0. The highest BCUT2D eigenvalue weighted by molar-refractivity contribution is 5.94. The average Bonchev–Trinajstić information content (AvgIpc) is 2.90. The summed E-state index contributed by atoms with van der Waals surface area (Å²) in [7, 11) is 0. The average molecular weight is 347 g/mol. The van der Waals surface area contributed by atoms with Crippen molar-refractivity contribution in [1.29, 1.82) is 0 Å². The van der Waals surface area contributed by atoms with E-state index in [2.05, 4.69) is 10.1 Å². The number of H-pyrrole nitrogens is 1. The fourth-order valence-electron chi connectivity index (χ4n) is 2.68. The largest absolute Gasteiger partial charge is 0.295 e. The summed E-state index contributed by atoms with van der Waals surface area (Å²) < 4.78 is 1.53. The number of Topliss-reactive ketones (excluding diaryl/α,β-unsaturated/α-hetero) is 1. The zero-order valence-corrected chi connectivity index (χ0v) is 15.3. The number of aryl methyl sites for hydroxylation is 3. The molecule has 0 aliphatic heterocycles.